The van der Waals surface area contributed by atoms with E-state index in [1.165, 1.54) is 5.39 Å². The van der Waals surface area contributed by atoms with Gasteiger partial charge in [-0.25, -0.2) is 0 Å². The van der Waals surface area contributed by atoms with Crippen molar-refractivity contribution in [1.82, 2.24) is 0 Å². The smallest absolute Gasteiger partial charge is 0.0796 e. The summed E-state index contributed by atoms with van der Waals surface area (Å²) in [7, 11) is 0. The highest BCUT2D eigenvalue weighted by Crippen LogP contribution is 2.31. The van der Waals surface area contributed by atoms with E-state index in [1.807, 2.05) is 24.3 Å². The Morgan fingerprint density at radius 3 is 2.53 bits per heavy atom. The van der Waals surface area contributed by atoms with Crippen molar-refractivity contribution in [2.24, 2.45) is 0 Å². The van der Waals surface area contributed by atoms with Crippen LogP contribution in [0.1, 0.15) is 37.9 Å². The molecule has 0 heterocycles. The van der Waals surface area contributed by atoms with Crippen molar-refractivity contribution in [1.29, 1.82) is 0 Å². The summed E-state index contributed by atoms with van der Waals surface area (Å²) in [6.07, 6.45) is 2.66. The first kappa shape index (κ1) is 12.6. The number of halogens is 1. The molecule has 0 aliphatic carbocycles. The van der Waals surface area contributed by atoms with Crippen molar-refractivity contribution in [3.05, 3.63) is 46.4 Å². The third-order valence-corrected chi connectivity index (χ3v) is 3.79. The van der Waals surface area contributed by atoms with Crippen LogP contribution in [-0.4, -0.2) is 5.11 Å². The molecule has 2 heteroatoms. The SMILES string of the molecule is CCCCC(O)c1ccc(Br)c2ccccc12. The van der Waals surface area contributed by atoms with Gasteiger partial charge in [-0.1, -0.05) is 66.0 Å². The summed E-state index contributed by atoms with van der Waals surface area (Å²) >= 11 is 3.55. The highest BCUT2D eigenvalue weighted by molar-refractivity contribution is 9.10. The van der Waals surface area contributed by atoms with Crippen molar-refractivity contribution in [2.45, 2.75) is 32.3 Å². The standard InChI is InChI=1S/C15H17BrO/c1-2-3-8-15(17)13-9-10-14(16)12-7-5-4-6-11(12)13/h4-7,9-10,15,17H,2-3,8H2,1H3. The van der Waals surface area contributed by atoms with Crippen LogP contribution >= 0.6 is 15.9 Å². The largest absolute Gasteiger partial charge is 0.388 e. The van der Waals surface area contributed by atoms with Crippen LogP contribution in [0.5, 0.6) is 0 Å². The van der Waals surface area contributed by atoms with E-state index in [9.17, 15) is 5.11 Å². The number of fused-ring (bicyclic) bond motifs is 1. The summed E-state index contributed by atoms with van der Waals surface area (Å²) in [5, 5.41) is 12.5. The van der Waals surface area contributed by atoms with Gasteiger partial charge in [-0.2, -0.15) is 0 Å². The zero-order valence-electron chi connectivity index (χ0n) is 9.99. The number of hydrogen-bond acceptors (Lipinski definition) is 1. The molecular weight excluding hydrogens is 276 g/mol. The maximum atomic E-state index is 10.2. The molecule has 1 unspecified atom stereocenters. The summed E-state index contributed by atoms with van der Waals surface area (Å²) in [6.45, 7) is 2.15. The molecule has 1 N–H and O–H groups in total. The van der Waals surface area contributed by atoms with Crippen LogP contribution < -0.4 is 0 Å². The van der Waals surface area contributed by atoms with Crippen LogP contribution in [0.3, 0.4) is 0 Å². The molecule has 0 amide bonds. The monoisotopic (exact) mass is 292 g/mol. The lowest BCUT2D eigenvalue weighted by Gasteiger charge is -2.14. The van der Waals surface area contributed by atoms with Gasteiger partial charge in [0.15, 0.2) is 0 Å². The van der Waals surface area contributed by atoms with E-state index in [4.69, 9.17) is 0 Å². The normalized spacial score (nSPS) is 12.9. The molecule has 0 aliphatic rings. The minimum atomic E-state index is -0.354. The Morgan fingerprint density at radius 2 is 1.82 bits per heavy atom. The van der Waals surface area contributed by atoms with Crippen molar-refractivity contribution in [2.75, 3.05) is 0 Å². The first-order valence-electron chi connectivity index (χ1n) is 6.09. The molecular formula is C15H17BrO. The zero-order valence-corrected chi connectivity index (χ0v) is 11.6. The van der Waals surface area contributed by atoms with E-state index < -0.39 is 0 Å². The summed E-state index contributed by atoms with van der Waals surface area (Å²) < 4.78 is 1.08. The molecule has 90 valence electrons. The van der Waals surface area contributed by atoms with E-state index in [-0.39, 0.29) is 6.10 Å². The van der Waals surface area contributed by atoms with Gasteiger partial charge in [0.25, 0.3) is 0 Å². The van der Waals surface area contributed by atoms with Crippen LogP contribution in [0.25, 0.3) is 10.8 Å². The quantitative estimate of drug-likeness (QED) is 0.856. The minimum absolute atomic E-state index is 0.354. The lowest BCUT2D eigenvalue weighted by molar-refractivity contribution is 0.166. The maximum Gasteiger partial charge on any atom is 0.0796 e. The van der Waals surface area contributed by atoms with E-state index >= 15 is 0 Å². The molecule has 2 aromatic carbocycles. The summed E-state index contributed by atoms with van der Waals surface area (Å²) in [6, 6.07) is 12.2. The number of hydrogen-bond donors (Lipinski definition) is 1. The lowest BCUT2D eigenvalue weighted by Crippen LogP contribution is -1.98. The molecule has 0 saturated carbocycles. The summed E-state index contributed by atoms with van der Waals surface area (Å²) in [5.41, 5.74) is 1.04. The van der Waals surface area contributed by atoms with Crippen LogP contribution in [0.2, 0.25) is 0 Å². The topological polar surface area (TPSA) is 20.2 Å². The Bertz CT molecular complexity index is 507. The van der Waals surface area contributed by atoms with Crippen molar-refractivity contribution in [3.63, 3.8) is 0 Å². The fourth-order valence-corrected chi connectivity index (χ4v) is 2.61. The third kappa shape index (κ3) is 2.70. The molecule has 0 radical (unpaired) electrons. The Balaban J connectivity index is 2.44. The Hall–Kier alpha value is -0.860. The highest BCUT2D eigenvalue weighted by atomic mass is 79.9. The number of aliphatic hydroxyl groups is 1. The fourth-order valence-electron chi connectivity index (χ4n) is 2.13. The van der Waals surface area contributed by atoms with Gasteiger partial charge in [-0.05, 0) is 28.8 Å². The maximum absolute atomic E-state index is 10.2. The molecule has 0 fully saturated rings. The second-order valence-corrected chi connectivity index (χ2v) is 5.19. The molecule has 0 spiro atoms. The third-order valence-electron chi connectivity index (χ3n) is 3.09. The number of rotatable bonds is 4. The first-order valence-corrected chi connectivity index (χ1v) is 6.88. The number of aliphatic hydroxyl groups excluding tert-OH is 1. The van der Waals surface area contributed by atoms with Crippen molar-refractivity contribution >= 4 is 26.7 Å². The first-order chi connectivity index (χ1) is 8.24. The van der Waals surface area contributed by atoms with Gasteiger partial charge in [-0.3, -0.25) is 0 Å². The van der Waals surface area contributed by atoms with Gasteiger partial charge in [0.1, 0.15) is 0 Å². The van der Waals surface area contributed by atoms with E-state index in [0.717, 1.165) is 34.7 Å². The van der Waals surface area contributed by atoms with Crippen LogP contribution in [0, 0.1) is 0 Å². The molecule has 2 aromatic rings. The second-order valence-electron chi connectivity index (χ2n) is 4.34. The van der Waals surface area contributed by atoms with Crippen molar-refractivity contribution in [3.8, 4) is 0 Å². The van der Waals surface area contributed by atoms with E-state index in [0.29, 0.717) is 0 Å². The van der Waals surface area contributed by atoms with Gasteiger partial charge < -0.3 is 5.11 Å². The van der Waals surface area contributed by atoms with Crippen molar-refractivity contribution < 1.29 is 5.11 Å². The average Bonchev–Trinajstić information content (AvgIpc) is 2.37. The van der Waals surface area contributed by atoms with Gasteiger partial charge >= 0.3 is 0 Å². The van der Waals surface area contributed by atoms with Crippen LogP contribution in [0.15, 0.2) is 40.9 Å². The van der Waals surface area contributed by atoms with Gasteiger partial charge in [-0.15, -0.1) is 0 Å². The van der Waals surface area contributed by atoms with Gasteiger partial charge in [0.2, 0.25) is 0 Å². The molecule has 2 rings (SSSR count). The molecule has 0 aromatic heterocycles. The summed E-state index contributed by atoms with van der Waals surface area (Å²) in [5.74, 6) is 0. The molecule has 0 bridgehead atoms. The van der Waals surface area contributed by atoms with Gasteiger partial charge in [0, 0.05) is 4.47 Å². The molecule has 17 heavy (non-hydrogen) atoms. The van der Waals surface area contributed by atoms with Gasteiger partial charge in [0.05, 0.1) is 6.10 Å². The molecule has 0 aliphatic heterocycles. The predicted octanol–water partition coefficient (Wildman–Crippen LogP) is 4.83. The zero-order chi connectivity index (χ0) is 12.3. The molecule has 1 nitrogen and oxygen atoms in total. The average molecular weight is 293 g/mol. The molecule has 0 saturated heterocycles. The Labute approximate surface area is 111 Å². The Kier molecular flexibility index (Phi) is 4.19. The van der Waals surface area contributed by atoms with Crippen LogP contribution in [-0.2, 0) is 0 Å². The highest BCUT2D eigenvalue weighted by Gasteiger charge is 2.11. The second kappa shape index (κ2) is 5.65. The van der Waals surface area contributed by atoms with Crippen LogP contribution in [0.4, 0.5) is 0 Å². The number of benzene rings is 2. The Morgan fingerprint density at radius 1 is 1.12 bits per heavy atom. The summed E-state index contributed by atoms with van der Waals surface area (Å²) in [4.78, 5) is 0. The predicted molar refractivity (Wildman–Crippen MR) is 76.1 cm³/mol. The minimum Gasteiger partial charge on any atom is -0.388 e. The lowest BCUT2D eigenvalue weighted by atomic mass is 9.97. The fraction of sp³-hybridized carbons (Fsp3) is 0.333. The number of unbranched alkanes of at least 4 members (excludes halogenated alkanes) is 1. The molecule has 1 atom stereocenters. The van der Waals surface area contributed by atoms with E-state index in [1.54, 1.807) is 0 Å². The van der Waals surface area contributed by atoms with E-state index in [2.05, 4.69) is 35.0 Å².